The maximum atomic E-state index is 12.6. The summed E-state index contributed by atoms with van der Waals surface area (Å²) >= 11 is 0. The average Bonchev–Trinajstić information content (AvgIpc) is 2.78. The molecule has 31 heavy (non-hydrogen) atoms. The molecule has 3 aromatic rings. The normalized spacial score (nSPS) is 11.3. The molecule has 0 spiro atoms. The summed E-state index contributed by atoms with van der Waals surface area (Å²) in [5, 5.41) is 9.94. The number of para-hydroxylation sites is 1. The molecule has 3 rings (SSSR count). The van der Waals surface area contributed by atoms with Crippen LogP contribution in [0.2, 0.25) is 0 Å². The highest BCUT2D eigenvalue weighted by atomic mass is 32.2. The van der Waals surface area contributed by atoms with Gasteiger partial charge in [-0.2, -0.15) is 4.36 Å². The summed E-state index contributed by atoms with van der Waals surface area (Å²) in [6.07, 6.45) is 4.73. The highest BCUT2D eigenvalue weighted by molar-refractivity contribution is 7.87. The van der Waals surface area contributed by atoms with E-state index in [-0.39, 0.29) is 11.7 Å². The lowest BCUT2D eigenvalue weighted by Gasteiger charge is -2.04. The molecule has 0 fully saturated rings. The largest absolute Gasteiger partial charge is 0.507 e. The van der Waals surface area contributed by atoms with Crippen molar-refractivity contribution < 1.29 is 19.5 Å². The van der Waals surface area contributed by atoms with Crippen LogP contribution in [0.3, 0.4) is 0 Å². The lowest BCUT2D eigenvalue weighted by Crippen LogP contribution is -2.21. The number of pyridine rings is 1. The Morgan fingerprint density at radius 3 is 2.55 bits per heavy atom. The second-order valence-corrected chi connectivity index (χ2v) is 7.85. The third kappa shape index (κ3) is 5.85. The van der Waals surface area contributed by atoms with Gasteiger partial charge in [-0.1, -0.05) is 40.7 Å². The number of rotatable bonds is 4. The van der Waals surface area contributed by atoms with Gasteiger partial charge in [-0.05, 0) is 42.7 Å². The molecule has 0 radical (unpaired) electrons. The molecule has 0 aliphatic rings. The van der Waals surface area contributed by atoms with Crippen LogP contribution in [0.5, 0.6) is 5.75 Å². The molecule has 1 atom stereocenters. The summed E-state index contributed by atoms with van der Waals surface area (Å²) in [7, 11) is 0.549. The Morgan fingerprint density at radius 1 is 1.03 bits per heavy atom. The first-order valence-corrected chi connectivity index (χ1v) is 10.7. The van der Waals surface area contributed by atoms with Gasteiger partial charge < -0.3 is 5.11 Å². The Morgan fingerprint density at radius 2 is 1.77 bits per heavy atom. The van der Waals surface area contributed by atoms with Gasteiger partial charge >= 0.3 is 0 Å². The quantitative estimate of drug-likeness (QED) is 0.486. The van der Waals surface area contributed by atoms with Crippen molar-refractivity contribution >= 4 is 22.5 Å². The summed E-state index contributed by atoms with van der Waals surface area (Å²) < 4.78 is 4.17. The number of nitrogens with zero attached hydrogens (tertiary/aromatic N) is 2. The Balaban J connectivity index is 1.81. The molecule has 2 aromatic carbocycles. The first kappa shape index (κ1) is 21.9. The molecule has 1 unspecified atom stereocenters. The third-order valence-electron chi connectivity index (χ3n) is 4.06. The molecule has 2 amide bonds. The molecule has 1 heterocycles. The number of amides is 2. The van der Waals surface area contributed by atoms with Crippen molar-refractivity contribution in [2.45, 2.75) is 4.90 Å². The average molecular weight is 433 g/mol. The van der Waals surface area contributed by atoms with E-state index < -0.39 is 16.6 Å². The topological polar surface area (TPSA) is 101 Å². The van der Waals surface area contributed by atoms with Crippen molar-refractivity contribution in [1.82, 2.24) is 10.5 Å². The van der Waals surface area contributed by atoms with E-state index in [1.807, 2.05) is 0 Å². The molecule has 1 aromatic heterocycles. The summed E-state index contributed by atoms with van der Waals surface area (Å²) in [6.45, 7) is 0. The SMILES string of the molecule is CONC(=O)c1cccc(C#Cc2cncc(C(=O)N=S(C)c3ccccc3O)c2)c1. The first-order chi connectivity index (χ1) is 15.0. The van der Waals surface area contributed by atoms with Gasteiger partial charge in [0, 0.05) is 29.1 Å². The van der Waals surface area contributed by atoms with E-state index in [4.69, 9.17) is 0 Å². The van der Waals surface area contributed by atoms with Crippen LogP contribution in [0.4, 0.5) is 0 Å². The lowest BCUT2D eigenvalue weighted by atomic mass is 10.1. The maximum absolute atomic E-state index is 12.6. The van der Waals surface area contributed by atoms with Crippen LogP contribution >= 0.6 is 0 Å². The van der Waals surface area contributed by atoms with Gasteiger partial charge in [0.05, 0.1) is 17.6 Å². The molecule has 0 saturated carbocycles. The minimum atomic E-state index is -0.811. The Kier molecular flexibility index (Phi) is 7.27. The molecule has 0 aliphatic carbocycles. The number of carbonyl (C=O) groups excluding carboxylic acids is 2. The van der Waals surface area contributed by atoms with Gasteiger partial charge in [0.25, 0.3) is 11.8 Å². The van der Waals surface area contributed by atoms with E-state index in [0.717, 1.165) is 0 Å². The van der Waals surface area contributed by atoms with Crippen LogP contribution in [0.15, 0.2) is 76.2 Å². The number of aromatic hydroxyl groups is 1. The second kappa shape index (κ2) is 10.3. The number of carbonyl (C=O) groups is 2. The number of aromatic nitrogens is 1. The minimum absolute atomic E-state index is 0.101. The number of hydroxylamine groups is 1. The van der Waals surface area contributed by atoms with Crippen molar-refractivity contribution in [3.63, 3.8) is 0 Å². The fourth-order valence-corrected chi connectivity index (χ4v) is 3.69. The summed E-state index contributed by atoms with van der Waals surface area (Å²) in [5.41, 5.74) is 4.12. The van der Waals surface area contributed by atoms with E-state index in [0.29, 0.717) is 27.1 Å². The number of benzene rings is 2. The van der Waals surface area contributed by atoms with Crippen molar-refractivity contribution in [1.29, 1.82) is 0 Å². The smallest absolute Gasteiger partial charge is 0.284 e. The van der Waals surface area contributed by atoms with Crippen LogP contribution < -0.4 is 5.48 Å². The number of nitrogens with one attached hydrogen (secondary N) is 1. The summed E-state index contributed by atoms with van der Waals surface area (Å²) in [5.74, 6) is 5.18. The lowest BCUT2D eigenvalue weighted by molar-refractivity contribution is 0.0537. The Hall–Kier alpha value is -3.80. The van der Waals surface area contributed by atoms with Crippen molar-refractivity contribution in [3.05, 3.63) is 89.2 Å². The van der Waals surface area contributed by atoms with Gasteiger partial charge in [0.15, 0.2) is 0 Å². The Bertz CT molecular complexity index is 1230. The van der Waals surface area contributed by atoms with E-state index in [2.05, 4.69) is 31.5 Å². The summed E-state index contributed by atoms with van der Waals surface area (Å²) in [4.78, 5) is 33.7. The van der Waals surface area contributed by atoms with E-state index in [9.17, 15) is 14.7 Å². The molecule has 0 bridgehead atoms. The zero-order chi connectivity index (χ0) is 22.2. The van der Waals surface area contributed by atoms with Crippen LogP contribution in [0.25, 0.3) is 0 Å². The highest BCUT2D eigenvalue weighted by Crippen LogP contribution is 2.20. The minimum Gasteiger partial charge on any atom is -0.507 e. The number of hydrogen-bond donors (Lipinski definition) is 2. The standard InChI is InChI=1S/C23H19N3O4S/c1-30-25-22(28)18-7-5-6-16(12-18)10-11-17-13-19(15-24-14-17)23(29)26-31(2)21-9-4-3-8-20(21)27/h3-9,12-15,27H,1-2H3,(H,25,28). The van der Waals surface area contributed by atoms with Gasteiger partial charge in [-0.15, -0.1) is 0 Å². The van der Waals surface area contributed by atoms with Crippen molar-refractivity contribution in [2.75, 3.05) is 13.4 Å². The van der Waals surface area contributed by atoms with E-state index >= 15 is 0 Å². The molecule has 0 aliphatic heterocycles. The predicted octanol–water partition coefficient (Wildman–Crippen LogP) is 3.11. The van der Waals surface area contributed by atoms with E-state index in [1.54, 1.807) is 67.0 Å². The summed E-state index contributed by atoms with van der Waals surface area (Å²) in [6, 6.07) is 15.2. The van der Waals surface area contributed by atoms with Gasteiger partial charge in [-0.3, -0.25) is 19.4 Å². The van der Waals surface area contributed by atoms with Crippen LogP contribution in [0, 0.1) is 11.8 Å². The number of hydrogen-bond acceptors (Lipinski definition) is 5. The van der Waals surface area contributed by atoms with Crippen LogP contribution in [-0.4, -0.2) is 35.3 Å². The second-order valence-electron chi connectivity index (χ2n) is 6.27. The molecule has 7 nitrogen and oxygen atoms in total. The van der Waals surface area contributed by atoms with Gasteiger partial charge in [0.1, 0.15) is 5.75 Å². The molecule has 156 valence electrons. The van der Waals surface area contributed by atoms with Gasteiger partial charge in [0.2, 0.25) is 0 Å². The molecular formula is C23H19N3O4S. The van der Waals surface area contributed by atoms with Crippen LogP contribution in [-0.2, 0) is 15.5 Å². The van der Waals surface area contributed by atoms with Crippen molar-refractivity contribution in [2.24, 2.45) is 4.36 Å². The number of phenols is 1. The fraction of sp³-hybridized carbons (Fsp3) is 0.0870. The predicted molar refractivity (Wildman–Crippen MR) is 118 cm³/mol. The number of phenolic OH excluding ortho intramolecular Hbond substituents is 1. The third-order valence-corrected chi connectivity index (χ3v) is 5.48. The molecule has 2 N–H and O–H groups in total. The zero-order valence-electron chi connectivity index (χ0n) is 16.8. The molecular weight excluding hydrogens is 414 g/mol. The first-order valence-electron chi connectivity index (χ1n) is 9.08. The zero-order valence-corrected chi connectivity index (χ0v) is 17.6. The fourth-order valence-electron chi connectivity index (χ4n) is 2.59. The van der Waals surface area contributed by atoms with E-state index in [1.165, 1.54) is 13.3 Å². The van der Waals surface area contributed by atoms with Crippen LogP contribution in [0.1, 0.15) is 31.8 Å². The highest BCUT2D eigenvalue weighted by Gasteiger charge is 2.09. The van der Waals surface area contributed by atoms with Gasteiger partial charge in [-0.25, -0.2) is 5.48 Å². The van der Waals surface area contributed by atoms with Crippen molar-refractivity contribution in [3.8, 4) is 17.6 Å². The Labute approximate surface area is 182 Å². The molecule has 0 saturated heterocycles. The monoisotopic (exact) mass is 433 g/mol. The molecule has 8 heteroatoms. The maximum Gasteiger partial charge on any atom is 0.284 e.